The Morgan fingerprint density at radius 1 is 1.06 bits per heavy atom. The van der Waals surface area contributed by atoms with Crippen LogP contribution in [-0.4, -0.2) is 40.3 Å². The summed E-state index contributed by atoms with van der Waals surface area (Å²) in [7, 11) is 0. The summed E-state index contributed by atoms with van der Waals surface area (Å²) in [5.41, 5.74) is 2.87. The molecular weight excluding hydrogens is 443 g/mol. The number of aromatic nitrogens is 2. The molecule has 6 nitrogen and oxygen atoms in total. The van der Waals surface area contributed by atoms with Gasteiger partial charge in [0, 0.05) is 24.5 Å². The molecule has 1 saturated heterocycles. The molecule has 0 saturated carbocycles. The number of piperidine rings is 1. The highest BCUT2D eigenvalue weighted by Gasteiger charge is 2.21. The SMILES string of the molecule is N#CCO/N=C(\c1ccc(F)c(F)c1)c1ccc(CN2CCC(c3ccnc(F)c3)CC2)cn1. The smallest absolute Gasteiger partial charge is 0.213 e. The quantitative estimate of drug-likeness (QED) is 0.221. The number of hydrogen-bond donors (Lipinski definition) is 0. The summed E-state index contributed by atoms with van der Waals surface area (Å²) in [5, 5.41) is 12.6. The van der Waals surface area contributed by atoms with Crippen LogP contribution >= 0.6 is 0 Å². The summed E-state index contributed by atoms with van der Waals surface area (Å²) < 4.78 is 40.5. The van der Waals surface area contributed by atoms with Crippen molar-refractivity contribution in [3.63, 3.8) is 0 Å². The number of benzene rings is 1. The van der Waals surface area contributed by atoms with Gasteiger partial charge in [-0.25, -0.2) is 13.8 Å². The summed E-state index contributed by atoms with van der Waals surface area (Å²) in [6, 6.07) is 12.2. The highest BCUT2D eigenvalue weighted by Crippen LogP contribution is 2.28. The molecular formula is C25H22F3N5O. The van der Waals surface area contributed by atoms with Gasteiger partial charge in [-0.05, 0) is 79.4 Å². The van der Waals surface area contributed by atoms with Gasteiger partial charge >= 0.3 is 0 Å². The van der Waals surface area contributed by atoms with Gasteiger partial charge in [-0.15, -0.1) is 0 Å². The first-order valence-electron chi connectivity index (χ1n) is 10.8. The Hall–Kier alpha value is -3.77. The average molecular weight is 465 g/mol. The van der Waals surface area contributed by atoms with Crippen molar-refractivity contribution in [2.24, 2.45) is 5.16 Å². The summed E-state index contributed by atoms with van der Waals surface area (Å²) in [6.45, 7) is 2.17. The van der Waals surface area contributed by atoms with Crippen LogP contribution in [-0.2, 0) is 11.4 Å². The Morgan fingerprint density at radius 2 is 1.88 bits per heavy atom. The van der Waals surface area contributed by atoms with Crippen molar-refractivity contribution >= 4 is 5.71 Å². The molecule has 0 spiro atoms. The van der Waals surface area contributed by atoms with E-state index < -0.39 is 17.6 Å². The van der Waals surface area contributed by atoms with Crippen molar-refractivity contribution in [3.05, 3.63) is 94.8 Å². The van der Waals surface area contributed by atoms with Gasteiger partial charge in [0.2, 0.25) is 12.6 Å². The maximum atomic E-state index is 13.8. The molecule has 0 unspecified atom stereocenters. The lowest BCUT2D eigenvalue weighted by Crippen LogP contribution is -2.32. The van der Waals surface area contributed by atoms with Gasteiger partial charge in [-0.1, -0.05) is 11.2 Å². The Labute approximate surface area is 195 Å². The van der Waals surface area contributed by atoms with E-state index in [9.17, 15) is 13.2 Å². The molecule has 0 bridgehead atoms. The third kappa shape index (κ3) is 5.77. The lowest BCUT2D eigenvalue weighted by Gasteiger charge is -2.32. The molecule has 0 N–H and O–H groups in total. The summed E-state index contributed by atoms with van der Waals surface area (Å²) >= 11 is 0. The lowest BCUT2D eigenvalue weighted by molar-refractivity contribution is 0.179. The van der Waals surface area contributed by atoms with Gasteiger partial charge in [0.15, 0.2) is 11.6 Å². The second-order valence-electron chi connectivity index (χ2n) is 8.01. The number of nitrogens with zero attached hydrogens (tertiary/aromatic N) is 5. The molecule has 1 aliphatic heterocycles. The van der Waals surface area contributed by atoms with E-state index in [1.165, 1.54) is 18.3 Å². The van der Waals surface area contributed by atoms with Gasteiger partial charge in [0.1, 0.15) is 11.8 Å². The van der Waals surface area contributed by atoms with Crippen molar-refractivity contribution < 1.29 is 18.0 Å². The van der Waals surface area contributed by atoms with Crippen LogP contribution in [0.1, 0.15) is 41.1 Å². The average Bonchev–Trinajstić information content (AvgIpc) is 2.85. The van der Waals surface area contributed by atoms with Gasteiger partial charge < -0.3 is 4.84 Å². The van der Waals surface area contributed by atoms with Gasteiger partial charge in [-0.3, -0.25) is 9.88 Å². The molecule has 1 aromatic carbocycles. The van der Waals surface area contributed by atoms with E-state index >= 15 is 0 Å². The molecule has 1 fully saturated rings. The standard InChI is InChI=1S/C25H22F3N5O/c26-21-3-2-20(13-22(21)27)25(32-34-12-8-29)23-4-1-17(15-31-23)16-33-10-6-18(7-11-33)19-5-9-30-24(28)14-19/h1-5,9,13-15,18H,6-7,10-12,16H2/b32-25+. The minimum Gasteiger partial charge on any atom is -0.380 e. The predicted octanol–water partition coefficient (Wildman–Crippen LogP) is 4.57. The molecule has 174 valence electrons. The Morgan fingerprint density at radius 3 is 2.56 bits per heavy atom. The largest absolute Gasteiger partial charge is 0.380 e. The molecule has 0 radical (unpaired) electrons. The number of likely N-dealkylation sites (tertiary alicyclic amines) is 1. The molecule has 2 aromatic heterocycles. The van der Waals surface area contributed by atoms with E-state index in [4.69, 9.17) is 10.1 Å². The first kappa shape index (κ1) is 23.4. The second-order valence-corrected chi connectivity index (χ2v) is 8.01. The molecule has 9 heteroatoms. The molecule has 34 heavy (non-hydrogen) atoms. The Kier molecular flexibility index (Phi) is 7.50. The fraction of sp³-hybridized carbons (Fsp3) is 0.280. The number of rotatable bonds is 7. The third-order valence-electron chi connectivity index (χ3n) is 5.76. The number of oxime groups is 1. The first-order chi connectivity index (χ1) is 16.5. The fourth-order valence-corrected chi connectivity index (χ4v) is 4.03. The Bertz CT molecular complexity index is 1200. The molecule has 3 aromatic rings. The zero-order valence-electron chi connectivity index (χ0n) is 18.3. The minimum absolute atomic E-state index is 0.200. The van der Waals surface area contributed by atoms with Crippen LogP contribution in [0.5, 0.6) is 0 Å². The van der Waals surface area contributed by atoms with E-state index in [-0.39, 0.29) is 17.9 Å². The summed E-state index contributed by atoms with van der Waals surface area (Å²) in [6.07, 6.45) is 5.07. The highest BCUT2D eigenvalue weighted by molar-refractivity contribution is 6.11. The summed E-state index contributed by atoms with van der Waals surface area (Å²) in [5.74, 6) is -2.12. The van der Waals surface area contributed by atoms with Crippen molar-refractivity contribution in [3.8, 4) is 6.07 Å². The van der Waals surface area contributed by atoms with Crippen molar-refractivity contribution in [1.29, 1.82) is 5.26 Å². The van der Waals surface area contributed by atoms with Gasteiger partial charge in [0.25, 0.3) is 0 Å². The van der Waals surface area contributed by atoms with Crippen LogP contribution in [0, 0.1) is 28.9 Å². The van der Waals surface area contributed by atoms with E-state index in [0.717, 1.165) is 49.2 Å². The van der Waals surface area contributed by atoms with E-state index in [1.807, 2.05) is 12.1 Å². The molecule has 0 aliphatic carbocycles. The molecule has 0 amide bonds. The van der Waals surface area contributed by atoms with E-state index in [2.05, 4.69) is 20.0 Å². The monoisotopic (exact) mass is 465 g/mol. The zero-order chi connectivity index (χ0) is 23.9. The Balaban J connectivity index is 1.42. The fourth-order valence-electron chi connectivity index (χ4n) is 4.03. The van der Waals surface area contributed by atoms with Gasteiger partial charge in [-0.2, -0.15) is 9.65 Å². The van der Waals surface area contributed by atoms with E-state index in [0.29, 0.717) is 18.2 Å². The van der Waals surface area contributed by atoms with Crippen LogP contribution in [0.3, 0.4) is 0 Å². The van der Waals surface area contributed by atoms with Crippen molar-refractivity contribution in [1.82, 2.24) is 14.9 Å². The third-order valence-corrected chi connectivity index (χ3v) is 5.76. The highest BCUT2D eigenvalue weighted by atomic mass is 19.2. The molecule has 1 aliphatic rings. The predicted molar refractivity (Wildman–Crippen MR) is 119 cm³/mol. The number of hydrogen-bond acceptors (Lipinski definition) is 6. The van der Waals surface area contributed by atoms with Crippen molar-refractivity contribution in [2.45, 2.75) is 25.3 Å². The number of halogens is 3. The second kappa shape index (κ2) is 10.9. The van der Waals surface area contributed by atoms with Gasteiger partial charge in [0.05, 0.1) is 5.69 Å². The molecule has 3 heterocycles. The number of nitriles is 1. The summed E-state index contributed by atoms with van der Waals surface area (Å²) in [4.78, 5) is 15.3. The lowest BCUT2D eigenvalue weighted by atomic mass is 9.90. The molecule has 4 rings (SSSR count). The van der Waals surface area contributed by atoms with Crippen LogP contribution < -0.4 is 0 Å². The molecule has 0 atom stereocenters. The van der Waals surface area contributed by atoms with Crippen molar-refractivity contribution in [2.75, 3.05) is 19.7 Å². The van der Waals surface area contributed by atoms with Crippen LogP contribution in [0.2, 0.25) is 0 Å². The van der Waals surface area contributed by atoms with Crippen LogP contribution in [0.25, 0.3) is 0 Å². The van der Waals surface area contributed by atoms with E-state index in [1.54, 1.807) is 18.3 Å². The number of pyridine rings is 2. The first-order valence-corrected chi connectivity index (χ1v) is 10.8. The van der Waals surface area contributed by atoms with Crippen LogP contribution in [0.4, 0.5) is 13.2 Å². The van der Waals surface area contributed by atoms with Crippen LogP contribution in [0.15, 0.2) is 60.0 Å². The maximum Gasteiger partial charge on any atom is 0.213 e. The zero-order valence-corrected chi connectivity index (χ0v) is 18.3. The minimum atomic E-state index is -1.01. The normalized spacial score (nSPS) is 15.2. The maximum absolute atomic E-state index is 13.8. The topological polar surface area (TPSA) is 74.4 Å².